The summed E-state index contributed by atoms with van der Waals surface area (Å²) in [6, 6.07) is 15.4. The summed E-state index contributed by atoms with van der Waals surface area (Å²) in [7, 11) is 0. The van der Waals surface area contributed by atoms with Crippen molar-refractivity contribution in [1.29, 1.82) is 0 Å². The summed E-state index contributed by atoms with van der Waals surface area (Å²) in [5.41, 5.74) is 2.83. The van der Waals surface area contributed by atoms with E-state index in [1.807, 2.05) is 48.5 Å². The number of rotatable bonds is 5. The molecule has 3 aromatic rings. The number of amides is 1. The number of anilines is 1. The lowest BCUT2D eigenvalue weighted by Crippen LogP contribution is -2.20. The maximum Gasteiger partial charge on any atom is 0.248 e. The van der Waals surface area contributed by atoms with Crippen molar-refractivity contribution in [2.24, 2.45) is 0 Å². The Kier molecular flexibility index (Phi) is 5.23. The van der Waals surface area contributed by atoms with Crippen LogP contribution in [0, 0.1) is 0 Å². The molecule has 0 atom stereocenters. The van der Waals surface area contributed by atoms with Crippen LogP contribution in [0.4, 0.5) is 5.69 Å². The van der Waals surface area contributed by atoms with E-state index in [1.165, 1.54) is 10.4 Å². The third-order valence-electron chi connectivity index (χ3n) is 3.70. The zero-order chi connectivity index (χ0) is 17.8. The van der Waals surface area contributed by atoms with Gasteiger partial charge >= 0.3 is 0 Å². The van der Waals surface area contributed by atoms with Crippen molar-refractivity contribution in [3.8, 4) is 11.4 Å². The summed E-state index contributed by atoms with van der Waals surface area (Å²) in [5.74, 6) is 0.750. The minimum atomic E-state index is -0.197. The van der Waals surface area contributed by atoms with Crippen molar-refractivity contribution < 1.29 is 4.79 Å². The first-order chi connectivity index (χ1) is 12.0. The third kappa shape index (κ3) is 4.51. The van der Waals surface area contributed by atoms with E-state index in [9.17, 15) is 4.79 Å². The quantitative estimate of drug-likeness (QED) is 0.706. The second kappa shape index (κ2) is 7.57. The zero-order valence-electron chi connectivity index (χ0n) is 14.0. The molecule has 1 N–H and O–H groups in total. The standard InChI is InChI=1S/C18H18BrN5O/c1-12(2)13-5-9-16(10-6-13)20-17(25)11-24-22-18(21-23-24)14-3-7-15(19)8-4-14/h3-10,12H,11H2,1-2H3,(H,20,25). The maximum atomic E-state index is 12.1. The number of nitrogens with zero attached hydrogens (tertiary/aromatic N) is 4. The minimum Gasteiger partial charge on any atom is -0.324 e. The number of nitrogens with one attached hydrogen (secondary N) is 1. The van der Waals surface area contributed by atoms with Gasteiger partial charge in [0.1, 0.15) is 6.54 Å². The second-order valence-electron chi connectivity index (χ2n) is 5.98. The van der Waals surface area contributed by atoms with Gasteiger partial charge in [-0.25, -0.2) is 0 Å². The van der Waals surface area contributed by atoms with Gasteiger partial charge < -0.3 is 5.32 Å². The number of aromatic nitrogens is 4. The Morgan fingerprint density at radius 3 is 2.44 bits per heavy atom. The molecule has 0 aliphatic heterocycles. The van der Waals surface area contributed by atoms with Crippen LogP contribution in [0.15, 0.2) is 53.0 Å². The molecule has 2 aromatic carbocycles. The van der Waals surface area contributed by atoms with Crippen LogP contribution in [0.1, 0.15) is 25.3 Å². The largest absolute Gasteiger partial charge is 0.324 e. The fourth-order valence-corrected chi connectivity index (χ4v) is 2.57. The molecule has 1 amide bonds. The highest BCUT2D eigenvalue weighted by molar-refractivity contribution is 9.10. The number of hydrogen-bond donors (Lipinski definition) is 1. The van der Waals surface area contributed by atoms with Gasteiger partial charge in [0.25, 0.3) is 0 Å². The lowest BCUT2D eigenvalue weighted by molar-refractivity contribution is -0.117. The molecule has 0 aliphatic rings. The second-order valence-corrected chi connectivity index (χ2v) is 6.89. The molecule has 7 heteroatoms. The van der Waals surface area contributed by atoms with E-state index >= 15 is 0 Å². The molecule has 3 rings (SSSR count). The molecule has 0 saturated heterocycles. The van der Waals surface area contributed by atoms with Gasteiger partial charge in [0.15, 0.2) is 0 Å². The molecular weight excluding hydrogens is 382 g/mol. The van der Waals surface area contributed by atoms with Crippen molar-refractivity contribution in [3.63, 3.8) is 0 Å². The highest BCUT2D eigenvalue weighted by Crippen LogP contribution is 2.18. The Morgan fingerprint density at radius 1 is 1.12 bits per heavy atom. The van der Waals surface area contributed by atoms with Gasteiger partial charge in [0.2, 0.25) is 11.7 Å². The van der Waals surface area contributed by atoms with Crippen LogP contribution in [-0.2, 0) is 11.3 Å². The maximum absolute atomic E-state index is 12.1. The average Bonchev–Trinajstić information content (AvgIpc) is 3.04. The van der Waals surface area contributed by atoms with E-state index in [-0.39, 0.29) is 12.5 Å². The van der Waals surface area contributed by atoms with Crippen molar-refractivity contribution in [1.82, 2.24) is 20.2 Å². The Balaban J connectivity index is 1.62. The Labute approximate surface area is 154 Å². The molecule has 128 valence electrons. The minimum absolute atomic E-state index is 0.00938. The predicted molar refractivity (Wildman–Crippen MR) is 100 cm³/mol. The van der Waals surface area contributed by atoms with Crippen molar-refractivity contribution in [3.05, 3.63) is 58.6 Å². The van der Waals surface area contributed by atoms with Crippen molar-refractivity contribution in [2.75, 3.05) is 5.32 Å². The molecule has 0 unspecified atom stereocenters. The van der Waals surface area contributed by atoms with Crippen molar-refractivity contribution in [2.45, 2.75) is 26.3 Å². The van der Waals surface area contributed by atoms with Gasteiger partial charge in [0, 0.05) is 15.7 Å². The fourth-order valence-electron chi connectivity index (χ4n) is 2.31. The van der Waals surface area contributed by atoms with Gasteiger partial charge in [-0.1, -0.05) is 41.9 Å². The molecule has 0 bridgehead atoms. The number of carbonyl (C=O) groups excluding carboxylic acids is 1. The van der Waals surface area contributed by atoms with Gasteiger partial charge in [0.05, 0.1) is 0 Å². The summed E-state index contributed by atoms with van der Waals surface area (Å²) in [6.45, 7) is 4.27. The average molecular weight is 400 g/mol. The van der Waals surface area contributed by atoms with E-state index in [0.29, 0.717) is 11.7 Å². The molecule has 0 spiro atoms. The fraction of sp³-hybridized carbons (Fsp3) is 0.222. The highest BCUT2D eigenvalue weighted by Gasteiger charge is 2.10. The number of tetrazole rings is 1. The van der Waals surface area contributed by atoms with Gasteiger partial charge in [-0.2, -0.15) is 4.80 Å². The number of carbonyl (C=O) groups is 1. The zero-order valence-corrected chi connectivity index (χ0v) is 15.6. The topological polar surface area (TPSA) is 72.7 Å². The highest BCUT2D eigenvalue weighted by atomic mass is 79.9. The smallest absolute Gasteiger partial charge is 0.248 e. The van der Waals surface area contributed by atoms with Crippen LogP contribution in [0.2, 0.25) is 0 Å². The first-order valence-electron chi connectivity index (χ1n) is 7.95. The lowest BCUT2D eigenvalue weighted by atomic mass is 10.0. The normalized spacial score (nSPS) is 10.9. The van der Waals surface area contributed by atoms with Crippen LogP contribution in [-0.4, -0.2) is 26.1 Å². The molecular formula is C18H18BrN5O. The lowest BCUT2D eigenvalue weighted by Gasteiger charge is -2.08. The molecule has 0 aliphatic carbocycles. The first kappa shape index (κ1) is 17.3. The van der Waals surface area contributed by atoms with E-state index in [2.05, 4.69) is 50.5 Å². The molecule has 0 fully saturated rings. The summed E-state index contributed by atoms with van der Waals surface area (Å²) in [5, 5.41) is 15.0. The summed E-state index contributed by atoms with van der Waals surface area (Å²) in [4.78, 5) is 13.4. The van der Waals surface area contributed by atoms with E-state index < -0.39 is 0 Å². The molecule has 1 aromatic heterocycles. The molecule has 0 radical (unpaired) electrons. The SMILES string of the molecule is CC(C)c1ccc(NC(=O)Cn2nnc(-c3ccc(Br)cc3)n2)cc1. The van der Waals surface area contributed by atoms with Crippen LogP contribution in [0.5, 0.6) is 0 Å². The molecule has 0 saturated carbocycles. The Hall–Kier alpha value is -2.54. The van der Waals surface area contributed by atoms with E-state index in [4.69, 9.17) is 0 Å². The number of halogens is 1. The number of hydrogen-bond acceptors (Lipinski definition) is 4. The molecule has 6 nitrogen and oxygen atoms in total. The monoisotopic (exact) mass is 399 g/mol. The molecule has 25 heavy (non-hydrogen) atoms. The first-order valence-corrected chi connectivity index (χ1v) is 8.74. The number of benzene rings is 2. The van der Waals surface area contributed by atoms with E-state index in [1.54, 1.807) is 0 Å². The van der Waals surface area contributed by atoms with Crippen LogP contribution >= 0.6 is 15.9 Å². The Bertz CT molecular complexity index is 856. The van der Waals surface area contributed by atoms with Crippen molar-refractivity contribution >= 4 is 27.5 Å². The molecule has 1 heterocycles. The summed E-state index contributed by atoms with van der Waals surface area (Å²) >= 11 is 3.39. The summed E-state index contributed by atoms with van der Waals surface area (Å²) < 4.78 is 0.978. The van der Waals surface area contributed by atoms with Crippen LogP contribution in [0.3, 0.4) is 0 Å². The Morgan fingerprint density at radius 2 is 1.80 bits per heavy atom. The summed E-state index contributed by atoms with van der Waals surface area (Å²) in [6.07, 6.45) is 0. The predicted octanol–water partition coefficient (Wildman–Crippen LogP) is 3.86. The van der Waals surface area contributed by atoms with E-state index in [0.717, 1.165) is 15.7 Å². The van der Waals surface area contributed by atoms with Gasteiger partial charge in [-0.3, -0.25) is 4.79 Å². The van der Waals surface area contributed by atoms with Crippen LogP contribution < -0.4 is 5.32 Å². The van der Waals surface area contributed by atoms with Gasteiger partial charge in [-0.15, -0.1) is 10.2 Å². The third-order valence-corrected chi connectivity index (χ3v) is 4.23. The van der Waals surface area contributed by atoms with Gasteiger partial charge in [-0.05, 0) is 53.1 Å². The van der Waals surface area contributed by atoms with Crippen LogP contribution in [0.25, 0.3) is 11.4 Å².